The number of piperidine rings is 1. The van der Waals surface area contributed by atoms with Gasteiger partial charge in [0.05, 0.1) is 22.7 Å². The van der Waals surface area contributed by atoms with Crippen molar-refractivity contribution >= 4 is 32.5 Å². The highest BCUT2D eigenvalue weighted by Gasteiger charge is 2.37. The molecule has 0 bridgehead atoms. The summed E-state index contributed by atoms with van der Waals surface area (Å²) in [6, 6.07) is 7.26. The number of aromatic nitrogens is 1. The molecular formula is C22H23F2N3O5S. The molecule has 2 heterocycles. The van der Waals surface area contributed by atoms with Gasteiger partial charge in [0.15, 0.2) is 11.6 Å². The topological polar surface area (TPSA) is 112 Å². The highest BCUT2D eigenvalue weighted by atomic mass is 32.2. The molecule has 176 valence electrons. The van der Waals surface area contributed by atoms with Gasteiger partial charge in [0.1, 0.15) is 0 Å². The van der Waals surface area contributed by atoms with Crippen LogP contribution in [0.2, 0.25) is 0 Å². The maximum Gasteiger partial charge on any atom is 0.256 e. The van der Waals surface area contributed by atoms with E-state index in [1.165, 1.54) is 29.6 Å². The summed E-state index contributed by atoms with van der Waals surface area (Å²) in [5, 5.41) is 13.4. The lowest BCUT2D eigenvalue weighted by Gasteiger charge is -2.37. The number of H-pyrrole nitrogens is 1. The Morgan fingerprint density at radius 3 is 2.58 bits per heavy atom. The first-order chi connectivity index (χ1) is 15.6. The fourth-order valence-corrected chi connectivity index (χ4v) is 5.45. The van der Waals surface area contributed by atoms with E-state index in [4.69, 9.17) is 4.74 Å². The molecule has 1 fully saturated rings. The number of methoxy groups -OCH3 is 1. The summed E-state index contributed by atoms with van der Waals surface area (Å²) in [5.74, 6) is -2.83. The molecule has 2 aromatic carbocycles. The number of aliphatic hydroxyl groups is 1. The lowest BCUT2D eigenvalue weighted by atomic mass is 9.94. The third-order valence-electron chi connectivity index (χ3n) is 5.77. The molecule has 0 atom stereocenters. The highest BCUT2D eigenvalue weighted by Crippen LogP contribution is 2.30. The van der Waals surface area contributed by atoms with Gasteiger partial charge in [-0.15, -0.1) is 0 Å². The molecule has 1 aliphatic heterocycles. The van der Waals surface area contributed by atoms with Crippen LogP contribution in [0.3, 0.4) is 0 Å². The smallest absolute Gasteiger partial charge is 0.256 e. The molecule has 1 aliphatic rings. The van der Waals surface area contributed by atoms with E-state index in [1.807, 2.05) is 0 Å². The Kier molecular flexibility index (Phi) is 6.23. The lowest BCUT2D eigenvalue weighted by molar-refractivity contribution is -0.0607. The van der Waals surface area contributed by atoms with Gasteiger partial charge in [-0.05, 0) is 43.2 Å². The molecule has 3 N–H and O–H groups in total. The Morgan fingerprint density at radius 2 is 1.91 bits per heavy atom. The third kappa shape index (κ3) is 4.62. The lowest BCUT2D eigenvalue weighted by Crippen LogP contribution is -2.48. The number of ether oxygens (including phenoxy) is 1. The number of carbonyl (C=O) groups is 1. The molecule has 3 aromatic rings. The van der Waals surface area contributed by atoms with Crippen molar-refractivity contribution in [2.75, 3.05) is 32.1 Å². The van der Waals surface area contributed by atoms with Crippen LogP contribution in [-0.4, -0.2) is 61.1 Å². The number of fused-ring (bicyclic) bond motifs is 1. The summed E-state index contributed by atoms with van der Waals surface area (Å²) in [6.45, 7) is 0.312. The van der Waals surface area contributed by atoms with Gasteiger partial charge in [-0.1, -0.05) is 0 Å². The molecule has 33 heavy (non-hydrogen) atoms. The average Bonchev–Trinajstić information content (AvgIpc) is 3.24. The third-order valence-corrected chi connectivity index (χ3v) is 7.64. The number of amides is 1. The van der Waals surface area contributed by atoms with Crippen LogP contribution in [0.15, 0.2) is 47.5 Å². The molecule has 11 heteroatoms. The van der Waals surface area contributed by atoms with Crippen LogP contribution >= 0.6 is 0 Å². The first-order valence-corrected chi connectivity index (χ1v) is 11.7. The van der Waals surface area contributed by atoms with Gasteiger partial charge in [0, 0.05) is 49.1 Å². The van der Waals surface area contributed by atoms with Crippen molar-refractivity contribution in [3.63, 3.8) is 0 Å². The van der Waals surface area contributed by atoms with Crippen molar-refractivity contribution < 1.29 is 31.8 Å². The SMILES string of the molecule is COCC1(O)CCN(S(=O)(=O)c2cc(C(=O)Nc3ccc(F)c(F)c3)c3cc[nH]c3c2)CC1. The number of benzene rings is 2. The van der Waals surface area contributed by atoms with Gasteiger partial charge in [0.25, 0.3) is 5.91 Å². The number of halogens is 2. The minimum absolute atomic E-state index is 0.0318. The van der Waals surface area contributed by atoms with Crippen molar-refractivity contribution in [3.8, 4) is 0 Å². The second kappa shape index (κ2) is 8.82. The zero-order valence-electron chi connectivity index (χ0n) is 17.8. The van der Waals surface area contributed by atoms with Crippen LogP contribution in [0, 0.1) is 11.6 Å². The number of hydrogen-bond donors (Lipinski definition) is 3. The number of nitrogens with zero attached hydrogens (tertiary/aromatic N) is 1. The molecular weight excluding hydrogens is 456 g/mol. The molecule has 0 radical (unpaired) electrons. The quantitative estimate of drug-likeness (QED) is 0.504. The van der Waals surface area contributed by atoms with Crippen LogP contribution in [0.5, 0.6) is 0 Å². The number of hydrogen-bond acceptors (Lipinski definition) is 5. The van der Waals surface area contributed by atoms with Gasteiger partial charge in [0.2, 0.25) is 10.0 Å². The first kappa shape index (κ1) is 23.3. The largest absolute Gasteiger partial charge is 0.387 e. The Balaban J connectivity index is 1.64. The van der Waals surface area contributed by atoms with Crippen LogP contribution in [0.4, 0.5) is 14.5 Å². The standard InChI is InChI=1S/C22H23F2N3O5S/c1-32-13-22(29)5-8-27(9-6-22)33(30,31)15-11-17(16-4-7-25-20(16)12-15)21(28)26-14-2-3-18(23)19(24)10-14/h2-4,7,10-12,25,29H,5-6,8-9,13H2,1H3,(H,26,28). The zero-order valence-corrected chi connectivity index (χ0v) is 18.6. The number of carbonyl (C=O) groups excluding carboxylic acids is 1. The van der Waals surface area contributed by atoms with Crippen LogP contribution < -0.4 is 5.32 Å². The highest BCUT2D eigenvalue weighted by molar-refractivity contribution is 7.89. The summed E-state index contributed by atoms with van der Waals surface area (Å²) in [7, 11) is -2.49. The molecule has 4 rings (SSSR count). The Morgan fingerprint density at radius 1 is 1.18 bits per heavy atom. The number of anilines is 1. The van der Waals surface area contributed by atoms with E-state index in [2.05, 4.69) is 10.3 Å². The van der Waals surface area contributed by atoms with Crippen molar-refractivity contribution in [1.29, 1.82) is 0 Å². The zero-order chi connectivity index (χ0) is 23.8. The van der Waals surface area contributed by atoms with Gasteiger partial charge in [-0.3, -0.25) is 4.79 Å². The van der Waals surface area contributed by atoms with E-state index < -0.39 is 33.2 Å². The molecule has 1 aromatic heterocycles. The normalized spacial score (nSPS) is 16.7. The monoisotopic (exact) mass is 479 g/mol. The summed E-state index contributed by atoms with van der Waals surface area (Å²) < 4.78 is 59.6. The fraction of sp³-hybridized carbons (Fsp3) is 0.318. The van der Waals surface area contributed by atoms with E-state index in [0.717, 1.165) is 12.1 Å². The summed E-state index contributed by atoms with van der Waals surface area (Å²) in [4.78, 5) is 15.8. The molecule has 0 unspecified atom stereocenters. The van der Waals surface area contributed by atoms with E-state index >= 15 is 0 Å². The predicted octanol–water partition coefficient (Wildman–Crippen LogP) is 2.86. The van der Waals surface area contributed by atoms with E-state index in [1.54, 1.807) is 12.3 Å². The molecule has 0 spiro atoms. The number of aromatic amines is 1. The van der Waals surface area contributed by atoms with Crippen molar-refractivity contribution in [2.45, 2.75) is 23.3 Å². The maximum atomic E-state index is 13.5. The average molecular weight is 480 g/mol. The number of nitrogens with one attached hydrogen (secondary N) is 2. The second-order valence-electron chi connectivity index (χ2n) is 8.05. The molecule has 1 amide bonds. The van der Waals surface area contributed by atoms with E-state index in [0.29, 0.717) is 10.9 Å². The molecule has 1 saturated heterocycles. The van der Waals surface area contributed by atoms with Gasteiger partial charge in [-0.2, -0.15) is 4.31 Å². The summed E-state index contributed by atoms with van der Waals surface area (Å²) >= 11 is 0. The van der Waals surface area contributed by atoms with E-state index in [9.17, 15) is 27.1 Å². The number of rotatable bonds is 6. The number of sulfonamides is 1. The maximum absolute atomic E-state index is 13.5. The van der Waals surface area contributed by atoms with Crippen LogP contribution in [0.25, 0.3) is 10.9 Å². The molecule has 0 aliphatic carbocycles. The van der Waals surface area contributed by atoms with Crippen molar-refractivity contribution in [1.82, 2.24) is 9.29 Å². The van der Waals surface area contributed by atoms with Gasteiger partial charge >= 0.3 is 0 Å². The molecule has 0 saturated carbocycles. The Bertz CT molecular complexity index is 1300. The summed E-state index contributed by atoms with van der Waals surface area (Å²) in [5.41, 5.74) is -0.562. The predicted molar refractivity (Wildman–Crippen MR) is 117 cm³/mol. The Labute approximate surface area is 189 Å². The van der Waals surface area contributed by atoms with Crippen LogP contribution in [-0.2, 0) is 14.8 Å². The van der Waals surface area contributed by atoms with Crippen LogP contribution in [0.1, 0.15) is 23.2 Å². The first-order valence-electron chi connectivity index (χ1n) is 10.2. The summed E-state index contributed by atoms with van der Waals surface area (Å²) in [6.07, 6.45) is 2.00. The van der Waals surface area contributed by atoms with E-state index in [-0.39, 0.29) is 48.7 Å². The minimum atomic E-state index is -3.97. The van der Waals surface area contributed by atoms with Gasteiger partial charge in [-0.25, -0.2) is 17.2 Å². The van der Waals surface area contributed by atoms with Crippen molar-refractivity contribution in [3.05, 3.63) is 59.8 Å². The van der Waals surface area contributed by atoms with Gasteiger partial charge < -0.3 is 20.1 Å². The fourth-order valence-electron chi connectivity index (χ4n) is 3.95. The minimum Gasteiger partial charge on any atom is -0.387 e. The second-order valence-corrected chi connectivity index (χ2v) is 9.99. The van der Waals surface area contributed by atoms with Crippen molar-refractivity contribution in [2.24, 2.45) is 0 Å². The molecule has 8 nitrogen and oxygen atoms in total. The Hall–Kier alpha value is -2.86.